The molecule has 0 aliphatic heterocycles. The Labute approximate surface area is 233 Å². The smallest absolute Gasteiger partial charge is 0.744 e. The quantitative estimate of drug-likeness (QED) is 0.222. The summed E-state index contributed by atoms with van der Waals surface area (Å²) in [6, 6.07) is 18.0. The first-order valence-corrected chi connectivity index (χ1v) is 11.8. The standard InChI is InChI=1S/C24H18ClN3O6S.Na/c1-34-21-11-6-15(25)13-20(21)26-24(30)19-12-14-4-2-3-5-18(14)22(23(19)29)28-27-16-7-9-17(10-8-16)35(31,32)33;/h2-13,29H,1H3,(H,26,30)(H,31,32,33);/q;+1/p-1. The van der Waals surface area contributed by atoms with Crippen LogP contribution in [0.3, 0.4) is 0 Å². The predicted molar refractivity (Wildman–Crippen MR) is 130 cm³/mol. The van der Waals surface area contributed by atoms with Crippen molar-refractivity contribution in [1.82, 2.24) is 0 Å². The van der Waals surface area contributed by atoms with Crippen LogP contribution < -0.4 is 39.6 Å². The van der Waals surface area contributed by atoms with Crippen LogP contribution >= 0.6 is 11.6 Å². The van der Waals surface area contributed by atoms with Crippen LogP contribution in [0.15, 0.2) is 87.9 Å². The van der Waals surface area contributed by atoms with Gasteiger partial charge in [0.05, 0.1) is 28.9 Å². The zero-order valence-corrected chi connectivity index (χ0v) is 22.7. The number of fused-ring (bicyclic) bond motifs is 1. The molecule has 0 saturated carbocycles. The monoisotopic (exact) mass is 533 g/mol. The molecule has 4 aromatic carbocycles. The van der Waals surface area contributed by atoms with Crippen molar-refractivity contribution in [1.29, 1.82) is 0 Å². The van der Waals surface area contributed by atoms with Gasteiger partial charge in [-0.2, -0.15) is 5.11 Å². The Kier molecular flexibility index (Phi) is 8.72. The topological polar surface area (TPSA) is 140 Å². The molecule has 4 rings (SSSR count). The second-order valence-electron chi connectivity index (χ2n) is 7.29. The van der Waals surface area contributed by atoms with Gasteiger partial charge in [0, 0.05) is 10.4 Å². The maximum Gasteiger partial charge on any atom is 1.00 e. The Hall–Kier alpha value is -2.99. The fraction of sp³-hybridized carbons (Fsp3) is 0.0417. The van der Waals surface area contributed by atoms with E-state index < -0.39 is 26.7 Å². The van der Waals surface area contributed by atoms with Crippen LogP contribution in [0.5, 0.6) is 11.5 Å². The van der Waals surface area contributed by atoms with Crippen LogP contribution in [0.1, 0.15) is 10.4 Å². The van der Waals surface area contributed by atoms with E-state index in [0.29, 0.717) is 27.2 Å². The molecule has 0 bridgehead atoms. The molecule has 0 saturated heterocycles. The number of amides is 1. The minimum Gasteiger partial charge on any atom is -0.744 e. The minimum atomic E-state index is -4.59. The Morgan fingerprint density at radius 2 is 1.72 bits per heavy atom. The average Bonchev–Trinajstić information content (AvgIpc) is 2.83. The Morgan fingerprint density at radius 1 is 1.03 bits per heavy atom. The number of halogens is 1. The van der Waals surface area contributed by atoms with Crippen molar-refractivity contribution in [3.05, 3.63) is 83.4 Å². The van der Waals surface area contributed by atoms with Gasteiger partial charge < -0.3 is 19.7 Å². The number of phenolic OH excluding ortho intramolecular Hbond substituents is 1. The molecule has 0 radical (unpaired) electrons. The molecule has 0 atom stereocenters. The van der Waals surface area contributed by atoms with E-state index in [1.807, 2.05) is 0 Å². The maximum atomic E-state index is 13.1. The van der Waals surface area contributed by atoms with Crippen molar-refractivity contribution in [3.8, 4) is 11.5 Å². The van der Waals surface area contributed by atoms with Crippen molar-refractivity contribution in [2.45, 2.75) is 4.90 Å². The van der Waals surface area contributed by atoms with E-state index in [-0.39, 0.29) is 46.5 Å². The number of azo groups is 1. The van der Waals surface area contributed by atoms with E-state index >= 15 is 0 Å². The van der Waals surface area contributed by atoms with Gasteiger partial charge in [-0.05, 0) is 53.9 Å². The van der Waals surface area contributed by atoms with Crippen LogP contribution in [0.2, 0.25) is 5.02 Å². The number of benzene rings is 4. The molecule has 9 nitrogen and oxygen atoms in total. The van der Waals surface area contributed by atoms with Gasteiger partial charge in [0.25, 0.3) is 5.91 Å². The maximum absolute atomic E-state index is 13.1. The summed E-state index contributed by atoms with van der Waals surface area (Å²) in [5.74, 6) is -0.661. The molecule has 0 unspecified atom stereocenters. The SMILES string of the molecule is COc1ccc(Cl)cc1NC(=O)c1cc2ccccc2c(N=Nc2ccc(S(=O)(=O)[O-])cc2)c1O.[Na+]. The number of nitrogens with one attached hydrogen (secondary N) is 1. The third kappa shape index (κ3) is 6.04. The fourth-order valence-corrected chi connectivity index (χ4v) is 3.99. The number of aromatic hydroxyl groups is 1. The fourth-order valence-electron chi connectivity index (χ4n) is 3.35. The summed E-state index contributed by atoms with van der Waals surface area (Å²) in [6.07, 6.45) is 0. The molecular formula is C24H17ClN3NaO6S. The average molecular weight is 534 g/mol. The molecule has 4 aromatic rings. The Morgan fingerprint density at radius 3 is 2.39 bits per heavy atom. The Bertz CT molecular complexity index is 1580. The van der Waals surface area contributed by atoms with Crippen molar-refractivity contribution >= 4 is 55.5 Å². The molecule has 0 heterocycles. The third-order valence-corrected chi connectivity index (χ3v) is 6.13. The number of nitrogens with zero attached hydrogens (tertiary/aromatic N) is 2. The van der Waals surface area contributed by atoms with Crippen molar-refractivity contribution in [2.75, 3.05) is 12.4 Å². The molecule has 0 aliphatic carbocycles. The third-order valence-electron chi connectivity index (χ3n) is 5.04. The zero-order valence-electron chi connectivity index (χ0n) is 19.1. The van der Waals surface area contributed by atoms with E-state index in [9.17, 15) is 22.9 Å². The van der Waals surface area contributed by atoms with E-state index in [1.54, 1.807) is 36.4 Å². The van der Waals surface area contributed by atoms with Crippen LogP contribution in [-0.2, 0) is 10.1 Å². The molecule has 0 aliphatic rings. The van der Waals surface area contributed by atoms with Gasteiger partial charge in [-0.15, -0.1) is 5.11 Å². The summed E-state index contributed by atoms with van der Waals surface area (Å²) in [5, 5.41) is 23.3. The largest absolute Gasteiger partial charge is 1.00 e. The number of hydrogen-bond donors (Lipinski definition) is 2. The molecule has 0 spiro atoms. The van der Waals surface area contributed by atoms with Gasteiger partial charge in [-0.25, -0.2) is 8.42 Å². The van der Waals surface area contributed by atoms with Crippen molar-refractivity contribution < 1.29 is 57.2 Å². The number of hydrogen-bond acceptors (Lipinski definition) is 8. The molecular weight excluding hydrogens is 517 g/mol. The van der Waals surface area contributed by atoms with Gasteiger partial charge >= 0.3 is 29.6 Å². The molecule has 0 aromatic heterocycles. The number of methoxy groups -OCH3 is 1. The summed E-state index contributed by atoms with van der Waals surface area (Å²) in [6.45, 7) is 0. The van der Waals surface area contributed by atoms with Crippen LogP contribution in [-0.4, -0.2) is 31.1 Å². The summed E-state index contributed by atoms with van der Waals surface area (Å²) in [5.41, 5.74) is 0.521. The van der Waals surface area contributed by atoms with Crippen LogP contribution in [0.4, 0.5) is 17.1 Å². The van der Waals surface area contributed by atoms with E-state index in [2.05, 4.69) is 15.5 Å². The first kappa shape index (κ1) is 27.6. The van der Waals surface area contributed by atoms with Gasteiger partial charge in [-0.3, -0.25) is 4.79 Å². The number of carbonyl (C=O) groups is 1. The number of anilines is 1. The van der Waals surface area contributed by atoms with E-state index in [4.69, 9.17) is 16.3 Å². The van der Waals surface area contributed by atoms with Crippen molar-refractivity contribution in [3.63, 3.8) is 0 Å². The molecule has 178 valence electrons. The van der Waals surface area contributed by atoms with E-state index in [0.717, 1.165) is 12.1 Å². The first-order chi connectivity index (χ1) is 16.7. The molecule has 36 heavy (non-hydrogen) atoms. The van der Waals surface area contributed by atoms with Gasteiger partial charge in [0.2, 0.25) is 0 Å². The van der Waals surface area contributed by atoms with Crippen LogP contribution in [0.25, 0.3) is 10.8 Å². The molecule has 2 N–H and O–H groups in total. The summed E-state index contributed by atoms with van der Waals surface area (Å²) in [7, 11) is -3.15. The second kappa shape index (κ2) is 11.4. The first-order valence-electron chi connectivity index (χ1n) is 10.0. The molecule has 12 heteroatoms. The van der Waals surface area contributed by atoms with Gasteiger partial charge in [0.1, 0.15) is 21.6 Å². The minimum absolute atomic E-state index is 0. The Balaban J connectivity index is 0.00000361. The second-order valence-corrected chi connectivity index (χ2v) is 9.11. The van der Waals surface area contributed by atoms with E-state index in [1.165, 1.54) is 31.4 Å². The predicted octanol–water partition coefficient (Wildman–Crippen LogP) is 2.78. The normalized spacial score (nSPS) is 11.3. The molecule has 1 amide bonds. The number of phenols is 1. The van der Waals surface area contributed by atoms with Gasteiger partial charge in [0.15, 0.2) is 5.75 Å². The number of ether oxygens (including phenoxy) is 1. The summed E-state index contributed by atoms with van der Waals surface area (Å²) in [4.78, 5) is 12.7. The molecule has 0 fully saturated rings. The zero-order chi connectivity index (χ0) is 25.2. The summed E-state index contributed by atoms with van der Waals surface area (Å²) >= 11 is 6.04. The van der Waals surface area contributed by atoms with Crippen LogP contribution in [0, 0.1) is 0 Å². The number of carbonyl (C=O) groups excluding carboxylic acids is 1. The van der Waals surface area contributed by atoms with Gasteiger partial charge in [-0.1, -0.05) is 35.9 Å². The summed E-state index contributed by atoms with van der Waals surface area (Å²) < 4.78 is 38.6. The number of rotatable bonds is 6. The van der Waals surface area contributed by atoms with Crippen molar-refractivity contribution in [2.24, 2.45) is 10.2 Å².